The molecule has 20 heavy (non-hydrogen) atoms. The Kier molecular flexibility index (Phi) is 4.07. The Morgan fingerprint density at radius 3 is 2.70 bits per heavy atom. The van der Waals surface area contributed by atoms with E-state index in [1.807, 2.05) is 0 Å². The predicted octanol–water partition coefficient (Wildman–Crippen LogP) is 2.66. The number of nitrogens with zero attached hydrogens (tertiary/aromatic N) is 1. The Morgan fingerprint density at radius 1 is 1.25 bits per heavy atom. The van der Waals surface area contributed by atoms with Crippen molar-refractivity contribution in [3.05, 3.63) is 0 Å². The van der Waals surface area contributed by atoms with Crippen LogP contribution in [0.1, 0.15) is 52.4 Å². The van der Waals surface area contributed by atoms with E-state index >= 15 is 0 Å². The molecule has 3 nitrogen and oxygen atoms in total. The van der Waals surface area contributed by atoms with Crippen molar-refractivity contribution in [2.24, 2.45) is 23.2 Å². The van der Waals surface area contributed by atoms with Crippen LogP contribution in [0.2, 0.25) is 0 Å². The number of hydrogen-bond donors (Lipinski definition) is 1. The minimum Gasteiger partial charge on any atom is -0.355 e. The summed E-state index contributed by atoms with van der Waals surface area (Å²) in [6.07, 6.45) is 8.22. The SMILES string of the molecule is CC1(C)CCN(CC(=O)NCC2CCCC2C2CC2)C1. The molecule has 1 heterocycles. The molecule has 0 aromatic carbocycles. The summed E-state index contributed by atoms with van der Waals surface area (Å²) in [6.45, 7) is 8.26. The smallest absolute Gasteiger partial charge is 0.234 e. The number of likely N-dealkylation sites (tertiary alicyclic amines) is 1. The van der Waals surface area contributed by atoms with Crippen molar-refractivity contribution in [3.8, 4) is 0 Å². The van der Waals surface area contributed by atoms with Crippen LogP contribution in [0.4, 0.5) is 0 Å². The average Bonchev–Trinajstić information content (AvgIpc) is 3.02. The summed E-state index contributed by atoms with van der Waals surface area (Å²) >= 11 is 0. The molecule has 0 radical (unpaired) electrons. The maximum atomic E-state index is 12.1. The third-order valence-electron chi connectivity index (χ3n) is 5.63. The molecule has 114 valence electrons. The van der Waals surface area contributed by atoms with Crippen LogP contribution in [0.5, 0.6) is 0 Å². The molecule has 3 fully saturated rings. The van der Waals surface area contributed by atoms with Crippen LogP contribution in [-0.4, -0.2) is 37.0 Å². The highest BCUT2D eigenvalue weighted by atomic mass is 16.2. The van der Waals surface area contributed by atoms with Gasteiger partial charge in [-0.1, -0.05) is 20.3 Å². The highest BCUT2D eigenvalue weighted by Crippen LogP contribution is 2.47. The first kappa shape index (κ1) is 14.4. The van der Waals surface area contributed by atoms with Crippen molar-refractivity contribution in [3.63, 3.8) is 0 Å². The van der Waals surface area contributed by atoms with Crippen molar-refractivity contribution in [1.29, 1.82) is 0 Å². The average molecular weight is 278 g/mol. The summed E-state index contributed by atoms with van der Waals surface area (Å²) in [5.41, 5.74) is 0.392. The van der Waals surface area contributed by atoms with Crippen molar-refractivity contribution in [2.45, 2.75) is 52.4 Å². The fourth-order valence-corrected chi connectivity index (χ4v) is 4.33. The van der Waals surface area contributed by atoms with E-state index < -0.39 is 0 Å². The molecule has 3 aliphatic rings. The molecular weight excluding hydrogens is 248 g/mol. The van der Waals surface area contributed by atoms with Crippen LogP contribution >= 0.6 is 0 Å². The summed E-state index contributed by atoms with van der Waals surface area (Å²) in [6, 6.07) is 0. The lowest BCUT2D eigenvalue weighted by Gasteiger charge is -2.22. The van der Waals surface area contributed by atoms with Gasteiger partial charge >= 0.3 is 0 Å². The zero-order chi connectivity index (χ0) is 14.2. The summed E-state index contributed by atoms with van der Waals surface area (Å²) in [7, 11) is 0. The van der Waals surface area contributed by atoms with Crippen LogP contribution < -0.4 is 5.32 Å². The molecule has 0 aromatic rings. The molecule has 2 unspecified atom stereocenters. The van der Waals surface area contributed by atoms with Gasteiger partial charge < -0.3 is 5.32 Å². The molecule has 0 aromatic heterocycles. The van der Waals surface area contributed by atoms with Gasteiger partial charge in [-0.2, -0.15) is 0 Å². The van der Waals surface area contributed by atoms with Crippen LogP contribution in [0.25, 0.3) is 0 Å². The lowest BCUT2D eigenvalue weighted by molar-refractivity contribution is -0.122. The normalized spacial score (nSPS) is 33.5. The molecule has 3 rings (SSSR count). The minimum absolute atomic E-state index is 0.240. The molecule has 0 bridgehead atoms. The van der Waals surface area contributed by atoms with E-state index in [-0.39, 0.29) is 5.91 Å². The first-order valence-corrected chi connectivity index (χ1v) is 8.52. The zero-order valence-electron chi connectivity index (χ0n) is 13.2. The minimum atomic E-state index is 0.240. The van der Waals surface area contributed by atoms with Gasteiger partial charge in [-0.25, -0.2) is 0 Å². The van der Waals surface area contributed by atoms with E-state index in [2.05, 4.69) is 24.1 Å². The van der Waals surface area contributed by atoms with E-state index in [4.69, 9.17) is 0 Å². The highest BCUT2D eigenvalue weighted by molar-refractivity contribution is 5.78. The number of nitrogens with one attached hydrogen (secondary N) is 1. The van der Waals surface area contributed by atoms with E-state index in [9.17, 15) is 4.79 Å². The molecule has 1 amide bonds. The van der Waals surface area contributed by atoms with Gasteiger partial charge in [0, 0.05) is 13.1 Å². The third-order valence-corrected chi connectivity index (χ3v) is 5.63. The van der Waals surface area contributed by atoms with Crippen LogP contribution in [0.15, 0.2) is 0 Å². The van der Waals surface area contributed by atoms with E-state index in [1.54, 1.807) is 0 Å². The Morgan fingerprint density at radius 2 is 2.05 bits per heavy atom. The number of amides is 1. The fraction of sp³-hybridized carbons (Fsp3) is 0.941. The number of carbonyl (C=O) groups is 1. The van der Waals surface area contributed by atoms with Crippen LogP contribution in [0, 0.1) is 23.2 Å². The molecule has 1 aliphatic heterocycles. The van der Waals surface area contributed by atoms with E-state index in [0.717, 1.165) is 37.4 Å². The Labute approximate surface area is 123 Å². The van der Waals surface area contributed by atoms with Gasteiger partial charge in [0.15, 0.2) is 0 Å². The first-order valence-electron chi connectivity index (χ1n) is 8.52. The van der Waals surface area contributed by atoms with Crippen molar-refractivity contribution < 1.29 is 4.79 Å². The second kappa shape index (κ2) is 5.67. The maximum Gasteiger partial charge on any atom is 0.234 e. The molecule has 2 saturated carbocycles. The number of hydrogen-bond acceptors (Lipinski definition) is 2. The second-order valence-electron chi connectivity index (χ2n) is 8.12. The van der Waals surface area contributed by atoms with Gasteiger partial charge in [0.1, 0.15) is 0 Å². The topological polar surface area (TPSA) is 32.3 Å². The third kappa shape index (κ3) is 3.55. The van der Waals surface area contributed by atoms with Gasteiger partial charge in [-0.05, 0) is 61.8 Å². The van der Waals surface area contributed by atoms with Crippen molar-refractivity contribution in [1.82, 2.24) is 10.2 Å². The second-order valence-corrected chi connectivity index (χ2v) is 8.12. The molecule has 1 saturated heterocycles. The Bertz CT molecular complexity index is 362. The molecule has 3 heteroatoms. The maximum absolute atomic E-state index is 12.1. The number of carbonyl (C=O) groups excluding carboxylic acids is 1. The molecular formula is C17H30N2O. The highest BCUT2D eigenvalue weighted by Gasteiger charge is 2.39. The summed E-state index contributed by atoms with van der Waals surface area (Å²) in [5.74, 6) is 2.92. The summed E-state index contributed by atoms with van der Waals surface area (Å²) in [5, 5.41) is 3.21. The van der Waals surface area contributed by atoms with Gasteiger partial charge in [-0.15, -0.1) is 0 Å². The molecule has 2 aliphatic carbocycles. The standard InChI is InChI=1S/C17H30N2O/c1-17(2)8-9-19(12-17)11-16(20)18-10-14-4-3-5-15(14)13-6-7-13/h13-15H,3-12H2,1-2H3,(H,18,20). The zero-order valence-corrected chi connectivity index (χ0v) is 13.2. The van der Waals surface area contributed by atoms with Gasteiger partial charge in [0.25, 0.3) is 0 Å². The predicted molar refractivity (Wildman–Crippen MR) is 81.4 cm³/mol. The van der Waals surface area contributed by atoms with E-state index in [0.29, 0.717) is 12.0 Å². The molecule has 0 spiro atoms. The fourth-order valence-electron chi connectivity index (χ4n) is 4.33. The van der Waals surface area contributed by atoms with Crippen molar-refractivity contribution in [2.75, 3.05) is 26.2 Å². The van der Waals surface area contributed by atoms with Crippen LogP contribution in [-0.2, 0) is 4.79 Å². The molecule has 1 N–H and O–H groups in total. The lowest BCUT2D eigenvalue weighted by Crippen LogP contribution is -2.39. The molecule has 2 atom stereocenters. The van der Waals surface area contributed by atoms with E-state index in [1.165, 1.54) is 38.5 Å². The van der Waals surface area contributed by atoms with Gasteiger partial charge in [-0.3, -0.25) is 9.69 Å². The van der Waals surface area contributed by atoms with Gasteiger partial charge in [0.05, 0.1) is 6.54 Å². The summed E-state index contributed by atoms with van der Waals surface area (Å²) in [4.78, 5) is 14.4. The Balaban J connectivity index is 1.39. The Hall–Kier alpha value is -0.570. The quantitative estimate of drug-likeness (QED) is 0.838. The van der Waals surface area contributed by atoms with Crippen LogP contribution in [0.3, 0.4) is 0 Å². The van der Waals surface area contributed by atoms with Crippen molar-refractivity contribution >= 4 is 5.91 Å². The number of rotatable bonds is 5. The largest absolute Gasteiger partial charge is 0.355 e. The lowest BCUT2D eigenvalue weighted by atomic mass is 9.91. The monoisotopic (exact) mass is 278 g/mol. The first-order chi connectivity index (χ1) is 9.53. The summed E-state index contributed by atoms with van der Waals surface area (Å²) < 4.78 is 0. The van der Waals surface area contributed by atoms with Gasteiger partial charge in [0.2, 0.25) is 5.91 Å².